The van der Waals surface area contributed by atoms with Gasteiger partial charge < -0.3 is 20.6 Å². The minimum Gasteiger partial charge on any atom is -0.481 e. The second-order valence-corrected chi connectivity index (χ2v) is 15.5. The Morgan fingerprint density at radius 2 is 1.91 bits per heavy atom. The molecule has 3 atom stereocenters. The molecule has 1 aromatic carbocycles. The van der Waals surface area contributed by atoms with E-state index in [1.165, 1.54) is 16.9 Å². The first kappa shape index (κ1) is 32.5. The molecule has 3 aliphatic rings. The summed E-state index contributed by atoms with van der Waals surface area (Å²) in [6, 6.07) is 9.32. The highest BCUT2D eigenvalue weighted by molar-refractivity contribution is 7.19. The number of aromatic nitrogens is 2. The molecule has 46 heavy (non-hydrogen) atoms. The van der Waals surface area contributed by atoms with E-state index >= 15 is 0 Å². The standard InChI is InChI=1S/C35H46N6O4S/c1-35(2,3)24-10-11-27-23(16-24)17-29-33(38-27)46-34(39-29)32(45)37-28(12-14-41-13-6-9-26(41)18-30(42)43)21-7-5-8-22(15-21)31(44)36-25-19-40(4)20-25/h5,7-8,15,17,24-26,28H,6,9-14,16,18-20H2,1-4H3,(H,36,44)(H,37,45)(H,42,43)/t24-,26-,28+/m0/s1. The number of carboxylic acids is 1. The molecule has 2 fully saturated rings. The van der Waals surface area contributed by atoms with E-state index in [1.807, 2.05) is 25.2 Å². The van der Waals surface area contributed by atoms with E-state index in [4.69, 9.17) is 9.97 Å². The van der Waals surface area contributed by atoms with Gasteiger partial charge in [-0.1, -0.05) is 44.2 Å². The van der Waals surface area contributed by atoms with Gasteiger partial charge in [0.15, 0.2) is 5.01 Å². The number of nitrogens with one attached hydrogen (secondary N) is 2. The van der Waals surface area contributed by atoms with Crippen LogP contribution in [0.4, 0.5) is 0 Å². The molecule has 2 aliphatic heterocycles. The van der Waals surface area contributed by atoms with Gasteiger partial charge in [-0.15, -0.1) is 0 Å². The normalized spacial score (nSPS) is 21.5. The number of likely N-dealkylation sites (N-methyl/N-ethyl adjacent to an activating group) is 1. The van der Waals surface area contributed by atoms with Gasteiger partial charge in [-0.2, -0.15) is 0 Å². The number of thiazole rings is 1. The summed E-state index contributed by atoms with van der Waals surface area (Å²) in [5.41, 5.74) is 4.73. The number of aryl methyl sites for hydroxylation is 1. The summed E-state index contributed by atoms with van der Waals surface area (Å²) >= 11 is 1.32. The summed E-state index contributed by atoms with van der Waals surface area (Å²) < 4.78 is 0. The van der Waals surface area contributed by atoms with Crippen molar-refractivity contribution in [1.29, 1.82) is 0 Å². The number of amides is 2. The van der Waals surface area contributed by atoms with Crippen molar-refractivity contribution in [3.63, 3.8) is 0 Å². The maximum Gasteiger partial charge on any atom is 0.304 e. The van der Waals surface area contributed by atoms with Crippen LogP contribution >= 0.6 is 11.3 Å². The van der Waals surface area contributed by atoms with Crippen molar-refractivity contribution < 1.29 is 19.5 Å². The Kier molecular flexibility index (Phi) is 9.45. The summed E-state index contributed by atoms with van der Waals surface area (Å²) in [4.78, 5) is 53.1. The van der Waals surface area contributed by atoms with Crippen molar-refractivity contribution in [3.05, 3.63) is 57.7 Å². The van der Waals surface area contributed by atoms with Crippen LogP contribution in [0.25, 0.3) is 10.3 Å². The minimum absolute atomic E-state index is 0.00850. The number of pyridine rings is 1. The average Bonchev–Trinajstić information content (AvgIpc) is 3.62. The van der Waals surface area contributed by atoms with E-state index in [0.717, 1.165) is 73.3 Å². The molecule has 6 rings (SSSR count). The molecule has 0 radical (unpaired) electrons. The van der Waals surface area contributed by atoms with Crippen molar-refractivity contribution in [3.8, 4) is 0 Å². The third-order valence-corrected chi connectivity index (χ3v) is 11.0. The number of aliphatic carboxylic acids is 1. The monoisotopic (exact) mass is 646 g/mol. The zero-order chi connectivity index (χ0) is 32.6. The molecule has 2 saturated heterocycles. The minimum atomic E-state index is -0.793. The van der Waals surface area contributed by atoms with Gasteiger partial charge in [0.25, 0.3) is 11.8 Å². The van der Waals surface area contributed by atoms with Crippen molar-refractivity contribution in [2.75, 3.05) is 33.2 Å². The fraction of sp³-hybridized carbons (Fsp3) is 0.571. The third kappa shape index (κ3) is 7.42. The van der Waals surface area contributed by atoms with E-state index in [2.05, 4.69) is 47.3 Å². The van der Waals surface area contributed by atoms with Gasteiger partial charge in [-0.05, 0) is 92.8 Å². The molecular weight excluding hydrogens is 600 g/mol. The lowest BCUT2D eigenvalue weighted by molar-refractivity contribution is -0.138. The maximum atomic E-state index is 13.8. The molecule has 3 aromatic rings. The zero-order valence-electron chi connectivity index (χ0n) is 27.3. The Labute approximate surface area is 275 Å². The van der Waals surface area contributed by atoms with Crippen LogP contribution in [0.3, 0.4) is 0 Å². The number of likely N-dealkylation sites (tertiary alicyclic amines) is 2. The maximum absolute atomic E-state index is 13.8. The van der Waals surface area contributed by atoms with E-state index in [9.17, 15) is 19.5 Å². The number of carbonyl (C=O) groups is 3. The van der Waals surface area contributed by atoms with Crippen LogP contribution in [0.2, 0.25) is 0 Å². The van der Waals surface area contributed by atoms with E-state index < -0.39 is 5.97 Å². The van der Waals surface area contributed by atoms with Crippen LogP contribution in [0, 0.1) is 11.3 Å². The largest absolute Gasteiger partial charge is 0.481 e. The second kappa shape index (κ2) is 13.4. The Bertz CT molecular complexity index is 1610. The molecule has 0 unspecified atom stereocenters. The Morgan fingerprint density at radius 3 is 2.65 bits per heavy atom. The van der Waals surface area contributed by atoms with Crippen LogP contribution in [0.5, 0.6) is 0 Å². The van der Waals surface area contributed by atoms with Crippen molar-refractivity contribution >= 4 is 39.5 Å². The predicted molar refractivity (Wildman–Crippen MR) is 179 cm³/mol. The summed E-state index contributed by atoms with van der Waals surface area (Å²) in [5, 5.41) is 16.1. The number of nitrogens with zero attached hydrogens (tertiary/aromatic N) is 4. The second-order valence-electron chi connectivity index (χ2n) is 14.5. The lowest BCUT2D eigenvalue weighted by Crippen LogP contribution is -2.57. The number of hydrogen-bond acceptors (Lipinski definition) is 8. The first-order valence-electron chi connectivity index (χ1n) is 16.6. The molecule has 0 spiro atoms. The lowest BCUT2D eigenvalue weighted by Gasteiger charge is -2.36. The van der Waals surface area contributed by atoms with Gasteiger partial charge in [-0.25, -0.2) is 9.97 Å². The Hall–Kier alpha value is -3.41. The number of benzene rings is 1. The zero-order valence-corrected chi connectivity index (χ0v) is 28.2. The summed E-state index contributed by atoms with van der Waals surface area (Å²) in [6.45, 7) is 10.0. The molecule has 11 heteroatoms. The number of rotatable bonds is 10. The molecule has 0 saturated carbocycles. The number of carbonyl (C=O) groups excluding carboxylic acids is 2. The van der Waals surface area contributed by atoms with E-state index in [-0.39, 0.29) is 41.8 Å². The first-order chi connectivity index (χ1) is 21.9. The molecule has 2 aromatic heterocycles. The smallest absolute Gasteiger partial charge is 0.304 e. The molecular formula is C35H46N6O4S. The SMILES string of the molecule is CN1CC(NC(=O)c2cccc([C@@H](CCN3CCC[C@H]3CC(=O)O)NC(=O)c3nc4cc5c(nc4s3)CC[C@H](C(C)(C)C)C5)c2)C1. The summed E-state index contributed by atoms with van der Waals surface area (Å²) in [5.74, 6) is -0.603. The van der Waals surface area contributed by atoms with Gasteiger partial charge in [0.1, 0.15) is 10.3 Å². The topological polar surface area (TPSA) is 128 Å². The number of hydrogen-bond donors (Lipinski definition) is 3. The fourth-order valence-electron chi connectivity index (χ4n) is 7.26. The molecule has 246 valence electrons. The van der Waals surface area contributed by atoms with Crippen LogP contribution in [-0.4, -0.2) is 88.0 Å². The van der Waals surface area contributed by atoms with Gasteiger partial charge in [0.05, 0.1) is 18.5 Å². The van der Waals surface area contributed by atoms with Crippen molar-refractivity contribution in [1.82, 2.24) is 30.4 Å². The van der Waals surface area contributed by atoms with E-state index in [1.54, 1.807) is 6.07 Å². The van der Waals surface area contributed by atoms with E-state index in [0.29, 0.717) is 29.5 Å². The molecule has 2 amide bonds. The van der Waals surface area contributed by atoms with Crippen molar-refractivity contribution in [2.45, 2.75) is 83.8 Å². The average molecular weight is 647 g/mol. The quantitative estimate of drug-likeness (QED) is 0.290. The van der Waals surface area contributed by atoms with Crippen molar-refractivity contribution in [2.24, 2.45) is 11.3 Å². The van der Waals surface area contributed by atoms with Gasteiger partial charge in [0, 0.05) is 36.9 Å². The van der Waals surface area contributed by atoms with Crippen LogP contribution in [-0.2, 0) is 17.6 Å². The molecule has 0 bridgehead atoms. The molecule has 1 aliphatic carbocycles. The number of carboxylic acid groups (broad SMARTS) is 1. The van der Waals surface area contributed by atoms with Crippen LogP contribution in [0.15, 0.2) is 30.3 Å². The highest BCUT2D eigenvalue weighted by Crippen LogP contribution is 2.38. The molecule has 4 heterocycles. The Balaban J connectivity index is 1.22. The third-order valence-electron chi connectivity index (χ3n) is 10.0. The van der Waals surface area contributed by atoms with Crippen LogP contribution in [0.1, 0.15) is 95.9 Å². The predicted octanol–water partition coefficient (Wildman–Crippen LogP) is 4.69. The summed E-state index contributed by atoms with van der Waals surface area (Å²) in [7, 11) is 2.02. The van der Waals surface area contributed by atoms with Crippen LogP contribution < -0.4 is 10.6 Å². The fourth-order valence-corrected chi connectivity index (χ4v) is 8.11. The lowest BCUT2D eigenvalue weighted by atomic mass is 9.71. The highest BCUT2D eigenvalue weighted by Gasteiger charge is 2.31. The van der Waals surface area contributed by atoms with Gasteiger partial charge >= 0.3 is 5.97 Å². The van der Waals surface area contributed by atoms with Gasteiger partial charge in [0.2, 0.25) is 0 Å². The molecule has 3 N–H and O–H groups in total. The highest BCUT2D eigenvalue weighted by atomic mass is 32.1. The number of fused-ring (bicyclic) bond motifs is 2. The van der Waals surface area contributed by atoms with Gasteiger partial charge in [-0.3, -0.25) is 19.3 Å². The Morgan fingerprint density at radius 1 is 1.11 bits per heavy atom. The first-order valence-corrected chi connectivity index (χ1v) is 17.4. The summed E-state index contributed by atoms with van der Waals surface area (Å²) in [6.07, 6.45) is 5.53. The molecule has 10 nitrogen and oxygen atoms in total.